The van der Waals surface area contributed by atoms with Crippen LogP contribution in [0.1, 0.15) is 44.7 Å². The van der Waals surface area contributed by atoms with E-state index in [-0.39, 0.29) is 4.90 Å². The number of sulfonamides is 1. The van der Waals surface area contributed by atoms with E-state index in [1.807, 2.05) is 12.1 Å². The van der Waals surface area contributed by atoms with Crippen molar-refractivity contribution >= 4 is 10.0 Å². The third kappa shape index (κ3) is 5.02. The van der Waals surface area contributed by atoms with E-state index in [9.17, 15) is 13.5 Å². The molecule has 1 aliphatic heterocycles. The minimum Gasteiger partial charge on any atom is -0.391 e. The maximum atomic E-state index is 11.8. The lowest BCUT2D eigenvalue weighted by molar-refractivity contribution is 0.108. The highest BCUT2D eigenvalue weighted by atomic mass is 32.2. The topological polar surface area (TPSA) is 83.6 Å². The molecule has 24 heavy (non-hydrogen) atoms. The molecule has 0 aromatic heterocycles. The third-order valence-corrected chi connectivity index (χ3v) is 5.80. The number of likely N-dealkylation sites (tertiary alicyclic amines) is 1. The molecule has 1 fully saturated rings. The van der Waals surface area contributed by atoms with Gasteiger partial charge >= 0.3 is 0 Å². The van der Waals surface area contributed by atoms with Crippen LogP contribution >= 0.6 is 0 Å². The largest absolute Gasteiger partial charge is 0.391 e. The van der Waals surface area contributed by atoms with Gasteiger partial charge in [0.1, 0.15) is 0 Å². The van der Waals surface area contributed by atoms with E-state index < -0.39 is 16.1 Å². The van der Waals surface area contributed by atoms with Gasteiger partial charge in [-0.25, -0.2) is 13.6 Å². The maximum absolute atomic E-state index is 11.8. The predicted molar refractivity (Wildman–Crippen MR) is 96.3 cm³/mol. The number of hydrogen-bond donors (Lipinski definition) is 2. The smallest absolute Gasteiger partial charge is 0.238 e. The first-order valence-electron chi connectivity index (χ1n) is 8.77. The molecule has 1 aliphatic rings. The fraction of sp³-hybridized carbons (Fsp3) is 0.667. The summed E-state index contributed by atoms with van der Waals surface area (Å²) in [6.07, 6.45) is 2.71. The molecule has 5 nitrogen and oxygen atoms in total. The van der Waals surface area contributed by atoms with Crippen molar-refractivity contribution in [3.8, 4) is 0 Å². The molecule has 136 valence electrons. The normalized spacial score (nSPS) is 23.5. The van der Waals surface area contributed by atoms with Gasteiger partial charge < -0.3 is 5.11 Å². The second-order valence-corrected chi connectivity index (χ2v) is 8.77. The molecular weight excluding hydrogens is 324 g/mol. The molecule has 0 amide bonds. The molecule has 1 saturated heterocycles. The van der Waals surface area contributed by atoms with Crippen molar-refractivity contribution in [3.63, 3.8) is 0 Å². The zero-order chi connectivity index (χ0) is 17.9. The maximum Gasteiger partial charge on any atom is 0.238 e. The standard InChI is InChI=1S/C18H30N2O3S/c1-4-5-15-6-7-18(24(19,22)23)16(9-15)10-17(21)12-20-11-13(2)8-14(20)3/h6-7,9,13-14,17,21H,4-5,8,10-12H2,1-3H3,(H2,19,22,23)/t13?,14?,17-/m1/s1. The summed E-state index contributed by atoms with van der Waals surface area (Å²) in [5.74, 6) is 0.639. The minimum atomic E-state index is -3.78. The van der Waals surface area contributed by atoms with Crippen molar-refractivity contribution in [2.75, 3.05) is 13.1 Å². The highest BCUT2D eigenvalue weighted by molar-refractivity contribution is 7.89. The van der Waals surface area contributed by atoms with E-state index >= 15 is 0 Å². The average molecular weight is 355 g/mol. The van der Waals surface area contributed by atoms with Gasteiger partial charge in [-0.1, -0.05) is 32.4 Å². The van der Waals surface area contributed by atoms with Crippen LogP contribution in [0.4, 0.5) is 0 Å². The van der Waals surface area contributed by atoms with Gasteiger partial charge in [0.15, 0.2) is 0 Å². The fourth-order valence-electron chi connectivity index (χ4n) is 3.74. The van der Waals surface area contributed by atoms with Crippen LogP contribution in [0.25, 0.3) is 0 Å². The number of aryl methyl sites for hydroxylation is 1. The quantitative estimate of drug-likeness (QED) is 0.783. The Labute approximate surface area is 145 Å². The van der Waals surface area contributed by atoms with Crippen LogP contribution in [0.2, 0.25) is 0 Å². The SMILES string of the molecule is CCCc1ccc(S(N)(=O)=O)c(C[C@@H](O)CN2CC(C)CC2C)c1. The molecule has 1 aromatic carbocycles. The Morgan fingerprint density at radius 2 is 2.08 bits per heavy atom. The second-order valence-electron chi connectivity index (χ2n) is 7.24. The fourth-order valence-corrected chi connectivity index (χ4v) is 4.51. The van der Waals surface area contributed by atoms with Crippen molar-refractivity contribution in [2.45, 2.75) is 63.5 Å². The first kappa shape index (κ1) is 19.4. The lowest BCUT2D eigenvalue weighted by Crippen LogP contribution is -2.36. The molecular formula is C18H30N2O3S. The molecule has 1 heterocycles. The van der Waals surface area contributed by atoms with Crippen LogP contribution in [0.3, 0.4) is 0 Å². The van der Waals surface area contributed by atoms with Crippen molar-refractivity contribution < 1.29 is 13.5 Å². The van der Waals surface area contributed by atoms with Crippen molar-refractivity contribution in [3.05, 3.63) is 29.3 Å². The van der Waals surface area contributed by atoms with Crippen LogP contribution in [-0.2, 0) is 22.9 Å². The number of nitrogens with two attached hydrogens (primary N) is 1. The second kappa shape index (κ2) is 7.95. The van der Waals surface area contributed by atoms with E-state index in [4.69, 9.17) is 5.14 Å². The summed E-state index contributed by atoms with van der Waals surface area (Å²) in [5, 5.41) is 15.8. The summed E-state index contributed by atoms with van der Waals surface area (Å²) < 4.78 is 23.7. The van der Waals surface area contributed by atoms with E-state index in [1.165, 1.54) is 0 Å². The Balaban J connectivity index is 2.15. The van der Waals surface area contributed by atoms with Crippen LogP contribution in [0.15, 0.2) is 23.1 Å². The van der Waals surface area contributed by atoms with Crippen LogP contribution < -0.4 is 5.14 Å². The Morgan fingerprint density at radius 1 is 1.38 bits per heavy atom. The molecule has 0 radical (unpaired) electrons. The van der Waals surface area contributed by atoms with Crippen molar-refractivity contribution in [1.29, 1.82) is 0 Å². The number of hydrogen-bond acceptors (Lipinski definition) is 4. The number of aliphatic hydroxyl groups is 1. The van der Waals surface area contributed by atoms with Gasteiger partial charge in [0, 0.05) is 25.6 Å². The number of rotatable bonds is 7. The highest BCUT2D eigenvalue weighted by Crippen LogP contribution is 2.24. The van der Waals surface area contributed by atoms with E-state index in [0.717, 1.165) is 31.4 Å². The number of primary sulfonamides is 1. The van der Waals surface area contributed by atoms with Crippen molar-refractivity contribution in [2.24, 2.45) is 11.1 Å². The zero-order valence-electron chi connectivity index (χ0n) is 14.9. The van der Waals surface area contributed by atoms with Gasteiger partial charge in [-0.05, 0) is 42.9 Å². The molecule has 0 saturated carbocycles. The molecule has 0 bridgehead atoms. The first-order valence-corrected chi connectivity index (χ1v) is 10.3. The summed E-state index contributed by atoms with van der Waals surface area (Å²) in [6, 6.07) is 5.72. The van der Waals surface area contributed by atoms with Crippen molar-refractivity contribution in [1.82, 2.24) is 4.90 Å². The Morgan fingerprint density at radius 3 is 2.62 bits per heavy atom. The monoisotopic (exact) mass is 354 g/mol. The Hall–Kier alpha value is -0.950. The Kier molecular flexibility index (Phi) is 6.42. The molecule has 2 unspecified atom stereocenters. The molecule has 0 aliphatic carbocycles. The number of nitrogens with zero attached hydrogens (tertiary/aromatic N) is 1. The summed E-state index contributed by atoms with van der Waals surface area (Å²) in [7, 11) is -3.78. The van der Waals surface area contributed by atoms with E-state index in [1.54, 1.807) is 6.07 Å². The van der Waals surface area contributed by atoms with Crippen LogP contribution in [0.5, 0.6) is 0 Å². The van der Waals surface area contributed by atoms with Gasteiger partial charge in [-0.2, -0.15) is 0 Å². The molecule has 6 heteroatoms. The van der Waals surface area contributed by atoms with Gasteiger partial charge in [0.05, 0.1) is 11.0 Å². The summed E-state index contributed by atoms with van der Waals surface area (Å²) >= 11 is 0. The Bertz CT molecular complexity index is 660. The molecule has 3 atom stereocenters. The number of benzene rings is 1. The third-order valence-electron chi connectivity index (χ3n) is 4.78. The van der Waals surface area contributed by atoms with E-state index in [0.29, 0.717) is 30.5 Å². The molecule has 1 aromatic rings. The summed E-state index contributed by atoms with van der Waals surface area (Å²) in [6.45, 7) is 8.02. The lowest BCUT2D eigenvalue weighted by Gasteiger charge is -2.24. The number of β-amino-alcohol motifs (C(OH)–C–C–N with tert-alkyl or cyclic N) is 1. The summed E-state index contributed by atoms with van der Waals surface area (Å²) in [5.41, 5.74) is 1.70. The van der Waals surface area contributed by atoms with Crippen LogP contribution in [-0.4, -0.2) is 43.7 Å². The van der Waals surface area contributed by atoms with Crippen LogP contribution in [0, 0.1) is 5.92 Å². The van der Waals surface area contributed by atoms with Gasteiger partial charge in [-0.15, -0.1) is 0 Å². The molecule has 0 spiro atoms. The number of aliphatic hydroxyl groups excluding tert-OH is 1. The van der Waals surface area contributed by atoms with Gasteiger partial charge in [0.25, 0.3) is 0 Å². The first-order chi connectivity index (χ1) is 11.2. The zero-order valence-corrected chi connectivity index (χ0v) is 15.7. The average Bonchev–Trinajstić information content (AvgIpc) is 2.76. The lowest BCUT2D eigenvalue weighted by atomic mass is 10.0. The van der Waals surface area contributed by atoms with E-state index in [2.05, 4.69) is 25.7 Å². The molecule has 2 rings (SSSR count). The minimum absolute atomic E-state index is 0.129. The summed E-state index contributed by atoms with van der Waals surface area (Å²) in [4.78, 5) is 2.41. The predicted octanol–water partition coefficient (Wildman–Crippen LogP) is 1.92. The molecule has 3 N–H and O–H groups in total. The van der Waals surface area contributed by atoms with Gasteiger partial charge in [0.2, 0.25) is 10.0 Å². The van der Waals surface area contributed by atoms with Gasteiger partial charge in [-0.3, -0.25) is 4.90 Å². The highest BCUT2D eigenvalue weighted by Gasteiger charge is 2.28.